The second kappa shape index (κ2) is 12.4. The molecule has 6 heteroatoms. The summed E-state index contributed by atoms with van der Waals surface area (Å²) < 4.78 is 29.1. The zero-order valence-electron chi connectivity index (χ0n) is 22.5. The van der Waals surface area contributed by atoms with Crippen LogP contribution in [0.2, 0.25) is 0 Å². The molecule has 0 aliphatic heterocycles. The van der Waals surface area contributed by atoms with Gasteiger partial charge in [-0.25, -0.2) is 0 Å². The second-order valence-corrected chi connectivity index (χ2v) is 29.9. The van der Waals surface area contributed by atoms with Crippen molar-refractivity contribution in [1.29, 1.82) is 0 Å². The summed E-state index contributed by atoms with van der Waals surface area (Å²) in [6.45, 7) is 10.00. The first kappa shape index (κ1) is 28.3. The third kappa shape index (κ3) is 4.76. The molecule has 0 fully saturated rings. The fourth-order valence-corrected chi connectivity index (χ4v) is 30.4. The van der Waals surface area contributed by atoms with Crippen LogP contribution in [0.4, 0.5) is 0 Å². The molecule has 0 bridgehead atoms. The molecule has 4 rings (SSSR count). The Bertz CT molecular complexity index is 1160. The van der Waals surface area contributed by atoms with E-state index < -0.39 is 17.6 Å². The van der Waals surface area contributed by atoms with Gasteiger partial charge in [0.1, 0.15) is 0 Å². The van der Waals surface area contributed by atoms with Crippen molar-refractivity contribution in [2.45, 2.75) is 27.7 Å². The Balaban J connectivity index is 2.36. The van der Waals surface area contributed by atoms with E-state index in [1.165, 1.54) is 0 Å². The molecule has 0 aromatic heterocycles. The zero-order valence-corrected chi connectivity index (χ0v) is 26.8. The molecule has 0 radical (unpaired) electrons. The van der Waals surface area contributed by atoms with Crippen LogP contribution in [-0.4, -0.2) is 44.0 Å². The van der Waals surface area contributed by atoms with E-state index in [9.17, 15) is 0 Å². The third-order valence-electron chi connectivity index (χ3n) is 6.47. The van der Waals surface area contributed by atoms with Gasteiger partial charge in [0.05, 0.1) is 0 Å². The molecular formula is C32H36BiClO4. The molecule has 200 valence electrons. The Morgan fingerprint density at radius 2 is 0.632 bits per heavy atom. The zero-order chi connectivity index (χ0) is 27.0. The van der Waals surface area contributed by atoms with Gasteiger partial charge in [0.2, 0.25) is 0 Å². The first-order chi connectivity index (χ1) is 18.5. The summed E-state index contributed by atoms with van der Waals surface area (Å²) in [6, 6.07) is 32.6. The van der Waals surface area contributed by atoms with Crippen molar-refractivity contribution in [3.05, 3.63) is 97.1 Å². The number of rotatable bonds is 12. The van der Waals surface area contributed by atoms with Gasteiger partial charge in [-0.05, 0) is 0 Å². The van der Waals surface area contributed by atoms with E-state index in [-0.39, 0.29) is 0 Å². The Kier molecular flexibility index (Phi) is 9.23. The summed E-state index contributed by atoms with van der Waals surface area (Å²) in [6.07, 6.45) is 0. The number of ether oxygens (including phenoxy) is 4. The maximum atomic E-state index is 8.76. The molecule has 4 nitrogen and oxygen atoms in total. The van der Waals surface area contributed by atoms with Crippen molar-refractivity contribution in [3.8, 4) is 23.0 Å². The molecule has 0 unspecified atom stereocenters. The van der Waals surface area contributed by atoms with Crippen LogP contribution in [0.1, 0.15) is 27.7 Å². The molecule has 4 aromatic carbocycles. The summed E-state index contributed by atoms with van der Waals surface area (Å²) >= 11 is -5.64. The summed E-state index contributed by atoms with van der Waals surface area (Å²) in [4.78, 5) is 0. The topological polar surface area (TPSA) is 36.9 Å². The molecule has 0 heterocycles. The summed E-state index contributed by atoms with van der Waals surface area (Å²) in [5.74, 6) is 3.01. The monoisotopic (exact) mass is 728 g/mol. The third-order valence-corrected chi connectivity index (χ3v) is 32.7. The van der Waals surface area contributed by atoms with Crippen LogP contribution >= 0.6 is 8.51 Å². The Morgan fingerprint density at radius 1 is 0.421 bits per heavy atom. The van der Waals surface area contributed by atoms with Gasteiger partial charge in [0, 0.05) is 0 Å². The van der Waals surface area contributed by atoms with Crippen molar-refractivity contribution in [2.24, 2.45) is 0 Å². The van der Waals surface area contributed by atoms with Gasteiger partial charge in [0.25, 0.3) is 0 Å². The average molecular weight is 729 g/mol. The van der Waals surface area contributed by atoms with E-state index in [2.05, 4.69) is 24.3 Å². The summed E-state index contributed by atoms with van der Waals surface area (Å²) in [5.41, 5.74) is 0. The average Bonchev–Trinajstić information content (AvgIpc) is 2.95. The molecule has 0 saturated heterocycles. The first-order valence-corrected chi connectivity index (χ1v) is 24.4. The molecular weight excluding hydrogens is 693 g/mol. The van der Waals surface area contributed by atoms with Gasteiger partial charge in [0.15, 0.2) is 0 Å². The van der Waals surface area contributed by atoms with E-state index in [0.717, 1.165) is 36.1 Å². The fraction of sp³-hybridized carbons (Fsp3) is 0.250. The number of halogens is 1. The Labute approximate surface area is 231 Å². The van der Waals surface area contributed by atoms with Crippen LogP contribution in [-0.2, 0) is 0 Å². The van der Waals surface area contributed by atoms with Crippen LogP contribution in [0.3, 0.4) is 0 Å². The van der Waals surface area contributed by atoms with Gasteiger partial charge in [-0.1, -0.05) is 0 Å². The molecule has 4 aromatic rings. The van der Waals surface area contributed by atoms with Crippen molar-refractivity contribution in [1.82, 2.24) is 0 Å². The quantitative estimate of drug-likeness (QED) is 0.185. The Hall–Kier alpha value is -2.75. The van der Waals surface area contributed by atoms with Crippen molar-refractivity contribution in [3.63, 3.8) is 0 Å². The molecule has 0 aliphatic carbocycles. The number of benzene rings is 4. The van der Waals surface area contributed by atoms with E-state index in [4.69, 9.17) is 27.5 Å². The van der Waals surface area contributed by atoms with E-state index >= 15 is 0 Å². The first-order valence-electron chi connectivity index (χ1n) is 13.2. The molecule has 0 atom stereocenters. The Morgan fingerprint density at radius 3 is 0.842 bits per heavy atom. The summed E-state index contributed by atoms with van der Waals surface area (Å²) in [5, 5.41) is 0. The standard InChI is InChI=1S/4C8H9O.Bi.ClH/c4*1-2-9-8-6-4-3-5-7-8;;/h4*3-6H,2H2,1H3;;1H/q;;;;+1;/p-1. The number of hydrogen-bond acceptors (Lipinski definition) is 4. The van der Waals surface area contributed by atoms with Gasteiger partial charge in [-0.15, -0.1) is 0 Å². The van der Waals surface area contributed by atoms with Crippen molar-refractivity contribution < 1.29 is 18.9 Å². The molecule has 0 saturated carbocycles. The van der Waals surface area contributed by atoms with Gasteiger partial charge in [-0.3, -0.25) is 0 Å². The minimum absolute atomic E-state index is 0.507. The molecule has 0 aliphatic rings. The predicted octanol–water partition coefficient (Wildman–Crippen LogP) is 5.35. The fourth-order valence-electron chi connectivity index (χ4n) is 5.11. The molecule has 0 amide bonds. The van der Waals surface area contributed by atoms with E-state index in [1.807, 2.05) is 100 Å². The van der Waals surface area contributed by atoms with Gasteiger partial charge >= 0.3 is 232 Å². The van der Waals surface area contributed by atoms with Gasteiger partial charge < -0.3 is 0 Å². The number of hydrogen-bond donors (Lipinski definition) is 0. The normalized spacial score (nSPS) is 12.3. The predicted molar refractivity (Wildman–Crippen MR) is 161 cm³/mol. The van der Waals surface area contributed by atoms with E-state index in [1.54, 1.807) is 0 Å². The SMILES string of the molecule is CCOc1cccc[c]1[Bi]([Cl])([c]1ccccc1OCC)([c]1ccccc1OCC)[c]1ccccc1OCC. The van der Waals surface area contributed by atoms with Crippen LogP contribution < -0.4 is 32.0 Å². The van der Waals surface area contributed by atoms with Crippen molar-refractivity contribution in [2.75, 3.05) is 26.4 Å². The van der Waals surface area contributed by atoms with Crippen LogP contribution in [0.5, 0.6) is 23.0 Å². The maximum absolute atomic E-state index is 8.76. The molecule has 0 spiro atoms. The summed E-state index contributed by atoms with van der Waals surface area (Å²) in [7, 11) is 8.76. The number of para-hydroxylation sites is 4. The molecule has 38 heavy (non-hydrogen) atoms. The van der Waals surface area contributed by atoms with Crippen molar-refractivity contribution >= 4 is 39.2 Å². The molecule has 0 N–H and O–H groups in total. The second-order valence-electron chi connectivity index (χ2n) is 8.61. The minimum atomic E-state index is -5.64. The van der Waals surface area contributed by atoms with Crippen LogP contribution in [0.25, 0.3) is 0 Å². The van der Waals surface area contributed by atoms with Crippen LogP contribution in [0.15, 0.2) is 97.1 Å². The van der Waals surface area contributed by atoms with Crippen LogP contribution in [0, 0.1) is 0 Å². The van der Waals surface area contributed by atoms with E-state index in [0.29, 0.717) is 26.4 Å². The van der Waals surface area contributed by atoms with Gasteiger partial charge in [-0.2, -0.15) is 0 Å².